The Kier molecular flexibility index (Phi) is 3.08. The van der Waals surface area contributed by atoms with E-state index in [0.29, 0.717) is 11.5 Å². The molecule has 0 aromatic carbocycles. The fourth-order valence-corrected chi connectivity index (χ4v) is 0.715. The van der Waals surface area contributed by atoms with Crippen LogP contribution in [0.25, 0.3) is 0 Å². The van der Waals surface area contributed by atoms with Crippen molar-refractivity contribution in [3.05, 3.63) is 23.9 Å². The minimum absolute atomic E-state index is 0.165. The highest BCUT2D eigenvalue weighted by Gasteiger charge is 1.90. The average Bonchev–Trinajstić information content (AvgIpc) is 2.15. The van der Waals surface area contributed by atoms with Crippen molar-refractivity contribution >= 4 is 5.82 Å². The Morgan fingerprint density at radius 1 is 1.58 bits per heavy atom. The number of aromatic nitrogens is 1. The lowest BCUT2D eigenvalue weighted by molar-refractivity contribution is 0.350. The fraction of sp³-hybridized carbons (Fsp3) is 0.125. The van der Waals surface area contributed by atoms with Gasteiger partial charge in [-0.25, -0.2) is 10.8 Å². The van der Waals surface area contributed by atoms with Crippen molar-refractivity contribution in [2.24, 2.45) is 5.84 Å². The number of anilines is 1. The van der Waals surface area contributed by atoms with Crippen LogP contribution in [0.2, 0.25) is 0 Å². The van der Waals surface area contributed by atoms with E-state index in [4.69, 9.17) is 10.9 Å². The number of aliphatic hydroxyl groups excluding tert-OH is 1. The first kappa shape index (κ1) is 8.53. The molecular formula is C8H9N3O. The van der Waals surface area contributed by atoms with Crippen LogP contribution in [0.5, 0.6) is 0 Å². The second-order valence-corrected chi connectivity index (χ2v) is 2.01. The molecule has 0 amide bonds. The van der Waals surface area contributed by atoms with Gasteiger partial charge >= 0.3 is 0 Å². The van der Waals surface area contributed by atoms with Gasteiger partial charge in [0.2, 0.25) is 0 Å². The highest BCUT2D eigenvalue weighted by atomic mass is 16.2. The molecule has 1 heterocycles. The van der Waals surface area contributed by atoms with Crippen molar-refractivity contribution in [1.82, 2.24) is 4.98 Å². The Bertz CT molecular complexity index is 314. The summed E-state index contributed by atoms with van der Waals surface area (Å²) < 4.78 is 0. The number of hydrogen-bond acceptors (Lipinski definition) is 4. The summed E-state index contributed by atoms with van der Waals surface area (Å²) in [7, 11) is 0. The number of hydrazine groups is 1. The SMILES string of the molecule is NNc1cccc(C#CCO)n1. The molecule has 0 spiro atoms. The van der Waals surface area contributed by atoms with Crippen LogP contribution < -0.4 is 11.3 Å². The van der Waals surface area contributed by atoms with Crippen molar-refractivity contribution in [2.45, 2.75) is 0 Å². The number of nitrogen functional groups attached to an aromatic ring is 1. The Morgan fingerprint density at radius 2 is 2.42 bits per heavy atom. The molecule has 1 rings (SSSR count). The molecule has 4 N–H and O–H groups in total. The van der Waals surface area contributed by atoms with Crippen LogP contribution in [0.15, 0.2) is 18.2 Å². The minimum Gasteiger partial charge on any atom is -0.384 e. The summed E-state index contributed by atoms with van der Waals surface area (Å²) in [6, 6.07) is 5.25. The first-order chi connectivity index (χ1) is 5.86. The number of nitrogens with zero attached hydrogens (tertiary/aromatic N) is 1. The molecule has 4 nitrogen and oxygen atoms in total. The molecule has 12 heavy (non-hydrogen) atoms. The smallest absolute Gasteiger partial charge is 0.141 e. The largest absolute Gasteiger partial charge is 0.384 e. The quantitative estimate of drug-likeness (QED) is 0.302. The zero-order valence-corrected chi connectivity index (χ0v) is 6.41. The van der Waals surface area contributed by atoms with Gasteiger partial charge in [-0.05, 0) is 18.1 Å². The number of aliphatic hydroxyl groups is 1. The molecule has 1 aromatic rings. The van der Waals surface area contributed by atoms with Crippen LogP contribution in [0.3, 0.4) is 0 Å². The lowest BCUT2D eigenvalue weighted by Gasteiger charge is -1.96. The topological polar surface area (TPSA) is 71.2 Å². The average molecular weight is 163 g/mol. The number of hydrogen-bond donors (Lipinski definition) is 3. The zero-order valence-electron chi connectivity index (χ0n) is 6.41. The van der Waals surface area contributed by atoms with Gasteiger partial charge in [0.15, 0.2) is 0 Å². The first-order valence-corrected chi connectivity index (χ1v) is 3.40. The van der Waals surface area contributed by atoms with Crippen LogP contribution in [-0.4, -0.2) is 16.7 Å². The number of nitrogens with one attached hydrogen (secondary N) is 1. The van der Waals surface area contributed by atoms with E-state index in [9.17, 15) is 0 Å². The van der Waals surface area contributed by atoms with Crippen molar-refractivity contribution < 1.29 is 5.11 Å². The van der Waals surface area contributed by atoms with Gasteiger partial charge in [-0.2, -0.15) is 0 Å². The van der Waals surface area contributed by atoms with Gasteiger partial charge in [-0.15, -0.1) is 0 Å². The van der Waals surface area contributed by atoms with E-state index < -0.39 is 0 Å². The summed E-state index contributed by atoms with van der Waals surface area (Å²) in [5.74, 6) is 10.8. The second-order valence-electron chi connectivity index (χ2n) is 2.01. The Hall–Kier alpha value is -1.57. The molecule has 0 aliphatic carbocycles. The maximum absolute atomic E-state index is 8.41. The standard InChI is InChI=1S/C8H9N3O/c9-11-8-5-1-3-7(10-8)4-2-6-12/h1,3,5,12H,6,9H2,(H,10,11). The van der Waals surface area contributed by atoms with E-state index in [1.165, 1.54) is 0 Å². The molecule has 4 heteroatoms. The van der Waals surface area contributed by atoms with Gasteiger partial charge in [0.05, 0.1) is 0 Å². The van der Waals surface area contributed by atoms with Crippen molar-refractivity contribution in [3.8, 4) is 11.8 Å². The molecule has 0 saturated carbocycles. The summed E-state index contributed by atoms with van der Waals surface area (Å²) >= 11 is 0. The molecule has 0 saturated heterocycles. The van der Waals surface area contributed by atoms with Crippen molar-refractivity contribution in [3.63, 3.8) is 0 Å². The third-order valence-electron chi connectivity index (χ3n) is 1.19. The lowest BCUT2D eigenvalue weighted by Crippen LogP contribution is -2.08. The first-order valence-electron chi connectivity index (χ1n) is 3.40. The van der Waals surface area contributed by atoms with Gasteiger partial charge in [-0.3, -0.25) is 0 Å². The summed E-state index contributed by atoms with van der Waals surface area (Å²) in [5.41, 5.74) is 2.99. The fourth-order valence-electron chi connectivity index (χ4n) is 0.715. The predicted octanol–water partition coefficient (Wildman–Crippen LogP) is -0.289. The van der Waals surface area contributed by atoms with Gasteiger partial charge in [0, 0.05) is 0 Å². The zero-order chi connectivity index (χ0) is 8.81. The Balaban J connectivity index is 2.86. The summed E-state index contributed by atoms with van der Waals surface area (Å²) in [6.45, 7) is -0.165. The van der Waals surface area contributed by atoms with E-state index in [0.717, 1.165) is 0 Å². The van der Waals surface area contributed by atoms with Crippen molar-refractivity contribution in [2.75, 3.05) is 12.0 Å². The highest BCUT2D eigenvalue weighted by Crippen LogP contribution is 2.00. The minimum atomic E-state index is -0.165. The number of nitrogens with two attached hydrogens (primary N) is 1. The third-order valence-corrected chi connectivity index (χ3v) is 1.19. The molecule has 0 aliphatic rings. The monoisotopic (exact) mass is 163 g/mol. The van der Waals surface area contributed by atoms with Gasteiger partial charge in [0.1, 0.15) is 18.1 Å². The van der Waals surface area contributed by atoms with Crippen LogP contribution >= 0.6 is 0 Å². The molecule has 0 unspecified atom stereocenters. The van der Waals surface area contributed by atoms with Crippen LogP contribution in [0.4, 0.5) is 5.82 Å². The van der Waals surface area contributed by atoms with Gasteiger partial charge in [0.25, 0.3) is 0 Å². The summed E-state index contributed by atoms with van der Waals surface area (Å²) in [4.78, 5) is 4.01. The maximum Gasteiger partial charge on any atom is 0.141 e. The molecule has 1 aromatic heterocycles. The second kappa shape index (κ2) is 4.34. The molecule has 0 aliphatic heterocycles. The van der Waals surface area contributed by atoms with E-state index in [1.54, 1.807) is 18.2 Å². The van der Waals surface area contributed by atoms with Crippen LogP contribution in [0, 0.1) is 11.8 Å². The summed E-state index contributed by atoms with van der Waals surface area (Å²) in [6.07, 6.45) is 0. The Morgan fingerprint density at radius 3 is 3.08 bits per heavy atom. The number of pyridine rings is 1. The lowest BCUT2D eigenvalue weighted by atomic mass is 10.3. The van der Waals surface area contributed by atoms with E-state index in [2.05, 4.69) is 22.3 Å². The molecule has 0 radical (unpaired) electrons. The highest BCUT2D eigenvalue weighted by molar-refractivity contribution is 5.38. The maximum atomic E-state index is 8.41. The van der Waals surface area contributed by atoms with Crippen molar-refractivity contribution in [1.29, 1.82) is 0 Å². The van der Waals surface area contributed by atoms with Gasteiger partial charge in [-0.1, -0.05) is 12.0 Å². The van der Waals surface area contributed by atoms with Crippen LogP contribution in [-0.2, 0) is 0 Å². The van der Waals surface area contributed by atoms with Gasteiger partial charge < -0.3 is 10.5 Å². The summed E-state index contributed by atoms with van der Waals surface area (Å²) in [5, 5.41) is 8.41. The molecule has 0 fully saturated rings. The molecule has 0 bridgehead atoms. The normalized spacial score (nSPS) is 8.50. The predicted molar refractivity (Wildman–Crippen MR) is 46.0 cm³/mol. The molecular weight excluding hydrogens is 154 g/mol. The van der Waals surface area contributed by atoms with E-state index in [-0.39, 0.29) is 6.61 Å². The number of rotatable bonds is 1. The molecule has 62 valence electrons. The van der Waals surface area contributed by atoms with E-state index in [1.807, 2.05) is 0 Å². The van der Waals surface area contributed by atoms with E-state index >= 15 is 0 Å². The Labute approximate surface area is 70.4 Å². The third kappa shape index (κ3) is 2.23. The van der Waals surface area contributed by atoms with Crippen LogP contribution in [0.1, 0.15) is 5.69 Å². The molecule has 0 atom stereocenters.